The number of nitrogens with two attached hydrogens (primary N) is 1. The molecule has 2 N–H and O–H groups in total. The van der Waals surface area contributed by atoms with E-state index in [-0.39, 0.29) is 24.8 Å². The molecular weight excluding hydrogens is 343 g/mol. The van der Waals surface area contributed by atoms with Gasteiger partial charge in [-0.1, -0.05) is 42.5 Å². The number of fused-ring (bicyclic) bond motifs is 1. The molecule has 0 amide bonds. The molecule has 0 saturated carbocycles. The lowest BCUT2D eigenvalue weighted by Crippen LogP contribution is -2.19. The highest BCUT2D eigenvalue weighted by molar-refractivity contribution is 5.89. The van der Waals surface area contributed by atoms with Crippen molar-refractivity contribution in [2.75, 3.05) is 18.5 Å². The molecule has 0 unspecified atom stereocenters. The fourth-order valence-electron chi connectivity index (χ4n) is 2.57. The monoisotopic (exact) mass is 364 g/mol. The maximum absolute atomic E-state index is 5.66. The Morgan fingerprint density at radius 3 is 2.29 bits per heavy atom. The maximum atomic E-state index is 5.66. The van der Waals surface area contributed by atoms with E-state index in [1.54, 1.807) is 0 Å². The van der Waals surface area contributed by atoms with Crippen molar-refractivity contribution < 1.29 is 0 Å². The largest absolute Gasteiger partial charge is 0.355 e. The Morgan fingerprint density at radius 2 is 1.58 bits per heavy atom. The number of nitrogens with zero attached hydrogens (tertiary/aromatic N) is 3. The molecule has 0 aliphatic carbocycles. The molecule has 4 nitrogen and oxygen atoms in total. The van der Waals surface area contributed by atoms with Gasteiger partial charge in [0, 0.05) is 25.4 Å². The quantitative estimate of drug-likeness (QED) is 0.751. The second-order valence-corrected chi connectivity index (χ2v) is 5.36. The number of para-hydroxylation sites is 1. The molecule has 1 aromatic heterocycles. The molecule has 0 spiro atoms. The Balaban J connectivity index is 0.00000144. The molecule has 1 heterocycles. The van der Waals surface area contributed by atoms with Crippen molar-refractivity contribution in [1.29, 1.82) is 0 Å². The maximum Gasteiger partial charge on any atom is 0.140 e. The number of halogens is 2. The standard InChI is InChI=1S/C18H20N4.2ClH/c1-22(13-14-7-3-2-4-8-14)18-15-9-5-6-10-16(15)20-17(21-18)11-12-19;;/h2-10H,11-13,19H2,1H3;2*1H. The average molecular weight is 365 g/mol. The molecule has 6 heteroatoms. The predicted octanol–water partition coefficient (Wildman–Crippen LogP) is 3.61. The molecule has 0 aliphatic rings. The lowest BCUT2D eigenvalue weighted by molar-refractivity contribution is 0.845. The van der Waals surface area contributed by atoms with E-state index < -0.39 is 0 Å². The van der Waals surface area contributed by atoms with Gasteiger partial charge in [-0.3, -0.25) is 0 Å². The van der Waals surface area contributed by atoms with Crippen LogP contribution in [0.5, 0.6) is 0 Å². The fraction of sp³-hybridized carbons (Fsp3) is 0.222. The first-order valence-electron chi connectivity index (χ1n) is 7.48. The lowest BCUT2D eigenvalue weighted by Gasteiger charge is -2.20. The Labute approximate surface area is 154 Å². The van der Waals surface area contributed by atoms with Crippen molar-refractivity contribution in [2.24, 2.45) is 5.73 Å². The summed E-state index contributed by atoms with van der Waals surface area (Å²) in [6.45, 7) is 1.37. The highest BCUT2D eigenvalue weighted by Gasteiger charge is 2.11. The zero-order chi connectivity index (χ0) is 15.4. The minimum atomic E-state index is 0. The molecule has 0 saturated heterocycles. The van der Waals surface area contributed by atoms with E-state index in [9.17, 15) is 0 Å². The van der Waals surface area contributed by atoms with Crippen molar-refractivity contribution in [3.8, 4) is 0 Å². The summed E-state index contributed by atoms with van der Waals surface area (Å²) in [7, 11) is 2.06. The summed E-state index contributed by atoms with van der Waals surface area (Å²) in [6, 6.07) is 18.5. The third-order valence-corrected chi connectivity index (χ3v) is 3.62. The van der Waals surface area contributed by atoms with E-state index in [4.69, 9.17) is 10.7 Å². The van der Waals surface area contributed by atoms with E-state index in [2.05, 4.69) is 47.3 Å². The summed E-state index contributed by atoms with van der Waals surface area (Å²) >= 11 is 0. The summed E-state index contributed by atoms with van der Waals surface area (Å²) in [5.74, 6) is 1.76. The highest BCUT2D eigenvalue weighted by atomic mass is 35.5. The number of benzene rings is 2. The molecular formula is C18H22Cl2N4. The van der Waals surface area contributed by atoms with Crippen LogP contribution in [0.4, 0.5) is 5.82 Å². The van der Waals surface area contributed by atoms with Gasteiger partial charge in [-0.05, 0) is 24.2 Å². The average Bonchev–Trinajstić information content (AvgIpc) is 2.55. The summed E-state index contributed by atoms with van der Waals surface area (Å²) in [6.07, 6.45) is 0.691. The molecule has 2 aromatic carbocycles. The van der Waals surface area contributed by atoms with Gasteiger partial charge >= 0.3 is 0 Å². The van der Waals surface area contributed by atoms with Gasteiger partial charge in [-0.2, -0.15) is 0 Å². The Bertz CT molecular complexity index is 765. The molecule has 0 atom stereocenters. The van der Waals surface area contributed by atoms with Crippen LogP contribution in [0.1, 0.15) is 11.4 Å². The molecule has 0 radical (unpaired) electrons. The number of rotatable bonds is 5. The third-order valence-electron chi connectivity index (χ3n) is 3.62. The minimum absolute atomic E-state index is 0. The van der Waals surface area contributed by atoms with Crippen LogP contribution >= 0.6 is 24.8 Å². The van der Waals surface area contributed by atoms with E-state index in [1.165, 1.54) is 5.56 Å². The normalized spacial score (nSPS) is 9.92. The van der Waals surface area contributed by atoms with Crippen molar-refractivity contribution in [3.63, 3.8) is 0 Å². The predicted molar refractivity (Wildman–Crippen MR) is 105 cm³/mol. The van der Waals surface area contributed by atoms with Crippen LogP contribution in [0.15, 0.2) is 54.6 Å². The smallest absolute Gasteiger partial charge is 0.140 e. The van der Waals surface area contributed by atoms with Crippen molar-refractivity contribution in [3.05, 3.63) is 66.0 Å². The van der Waals surface area contributed by atoms with Gasteiger partial charge in [0.15, 0.2) is 0 Å². The zero-order valence-electron chi connectivity index (χ0n) is 13.6. The molecule has 0 bridgehead atoms. The molecule has 0 fully saturated rings. The van der Waals surface area contributed by atoms with Gasteiger partial charge < -0.3 is 10.6 Å². The second kappa shape index (κ2) is 9.42. The Kier molecular flexibility index (Phi) is 7.92. The van der Waals surface area contributed by atoms with Gasteiger partial charge in [0.25, 0.3) is 0 Å². The van der Waals surface area contributed by atoms with E-state index in [1.807, 2.05) is 24.3 Å². The molecule has 0 aliphatic heterocycles. The fourth-order valence-corrected chi connectivity index (χ4v) is 2.57. The topological polar surface area (TPSA) is 55.0 Å². The Morgan fingerprint density at radius 1 is 0.917 bits per heavy atom. The van der Waals surface area contributed by atoms with Gasteiger partial charge in [-0.25, -0.2) is 9.97 Å². The van der Waals surface area contributed by atoms with E-state index >= 15 is 0 Å². The van der Waals surface area contributed by atoms with Crippen LogP contribution in [-0.4, -0.2) is 23.6 Å². The lowest BCUT2D eigenvalue weighted by atomic mass is 10.2. The zero-order valence-corrected chi connectivity index (χ0v) is 15.2. The van der Waals surface area contributed by atoms with Gasteiger partial charge in [-0.15, -0.1) is 24.8 Å². The first-order valence-corrected chi connectivity index (χ1v) is 7.48. The Hall–Kier alpha value is -1.88. The minimum Gasteiger partial charge on any atom is -0.355 e. The van der Waals surface area contributed by atoms with Crippen LogP contribution < -0.4 is 10.6 Å². The second-order valence-electron chi connectivity index (χ2n) is 5.36. The SMILES string of the molecule is CN(Cc1ccccc1)c1nc(CCN)nc2ccccc12.Cl.Cl. The first kappa shape index (κ1) is 20.2. The van der Waals surface area contributed by atoms with E-state index in [0.717, 1.165) is 29.1 Å². The van der Waals surface area contributed by atoms with E-state index in [0.29, 0.717) is 13.0 Å². The summed E-state index contributed by atoms with van der Waals surface area (Å²) in [4.78, 5) is 11.5. The van der Waals surface area contributed by atoms with Gasteiger partial charge in [0.05, 0.1) is 5.52 Å². The number of hydrogen-bond donors (Lipinski definition) is 1. The first-order chi connectivity index (χ1) is 10.8. The van der Waals surface area contributed by atoms with Crippen molar-refractivity contribution in [1.82, 2.24) is 9.97 Å². The van der Waals surface area contributed by atoms with Crippen LogP contribution in [-0.2, 0) is 13.0 Å². The molecule has 3 rings (SSSR count). The summed E-state index contributed by atoms with van der Waals surface area (Å²) in [5.41, 5.74) is 7.89. The summed E-state index contributed by atoms with van der Waals surface area (Å²) < 4.78 is 0. The van der Waals surface area contributed by atoms with Gasteiger partial charge in [0.2, 0.25) is 0 Å². The van der Waals surface area contributed by atoms with Crippen LogP contribution in [0.2, 0.25) is 0 Å². The van der Waals surface area contributed by atoms with Crippen LogP contribution in [0.25, 0.3) is 10.9 Å². The molecule has 128 valence electrons. The van der Waals surface area contributed by atoms with Gasteiger partial charge in [0.1, 0.15) is 11.6 Å². The number of hydrogen-bond acceptors (Lipinski definition) is 4. The highest BCUT2D eigenvalue weighted by Crippen LogP contribution is 2.24. The molecule has 3 aromatic rings. The van der Waals surface area contributed by atoms with Crippen molar-refractivity contribution >= 4 is 41.5 Å². The van der Waals surface area contributed by atoms with Crippen molar-refractivity contribution in [2.45, 2.75) is 13.0 Å². The summed E-state index contributed by atoms with van der Waals surface area (Å²) in [5, 5.41) is 1.07. The van der Waals surface area contributed by atoms with Crippen LogP contribution in [0, 0.1) is 0 Å². The van der Waals surface area contributed by atoms with Crippen LogP contribution in [0.3, 0.4) is 0 Å². The number of anilines is 1. The number of aromatic nitrogens is 2. The third kappa shape index (κ3) is 4.57. The molecule has 24 heavy (non-hydrogen) atoms.